The van der Waals surface area contributed by atoms with Gasteiger partial charge in [-0.15, -0.1) is 0 Å². The molecule has 5 nitrogen and oxygen atoms in total. The fourth-order valence-electron chi connectivity index (χ4n) is 2.67. The SMILES string of the molecule is CC1CCC(NC(=O)Nc2ccc(C(=O)O)c(Cl)c2)C1C. The van der Waals surface area contributed by atoms with Crippen LogP contribution in [0.1, 0.15) is 37.0 Å². The zero-order valence-electron chi connectivity index (χ0n) is 12.0. The smallest absolute Gasteiger partial charge is 0.337 e. The van der Waals surface area contributed by atoms with Gasteiger partial charge in [-0.05, 0) is 42.9 Å². The summed E-state index contributed by atoms with van der Waals surface area (Å²) in [6, 6.07) is 4.22. The van der Waals surface area contributed by atoms with Crippen molar-refractivity contribution in [2.45, 2.75) is 32.7 Å². The molecule has 1 aromatic carbocycles. The van der Waals surface area contributed by atoms with Gasteiger partial charge in [0.1, 0.15) is 0 Å². The molecule has 1 aliphatic carbocycles. The zero-order chi connectivity index (χ0) is 15.6. The first-order valence-electron chi connectivity index (χ1n) is 6.99. The number of amides is 2. The number of carboxylic acid groups (broad SMARTS) is 1. The van der Waals surface area contributed by atoms with Crippen LogP contribution in [0.2, 0.25) is 5.02 Å². The molecule has 21 heavy (non-hydrogen) atoms. The van der Waals surface area contributed by atoms with E-state index in [4.69, 9.17) is 16.7 Å². The van der Waals surface area contributed by atoms with Crippen molar-refractivity contribution in [3.8, 4) is 0 Å². The summed E-state index contributed by atoms with van der Waals surface area (Å²) >= 11 is 5.87. The second-order valence-electron chi connectivity index (χ2n) is 5.62. The van der Waals surface area contributed by atoms with Crippen molar-refractivity contribution < 1.29 is 14.7 Å². The highest BCUT2D eigenvalue weighted by Crippen LogP contribution is 2.31. The Hall–Kier alpha value is -1.75. The predicted octanol–water partition coefficient (Wildman–Crippen LogP) is 3.59. The van der Waals surface area contributed by atoms with Crippen LogP contribution < -0.4 is 10.6 Å². The number of hydrogen-bond acceptors (Lipinski definition) is 2. The van der Waals surface area contributed by atoms with Crippen LogP contribution >= 0.6 is 11.6 Å². The Kier molecular flexibility index (Phi) is 4.73. The number of carbonyl (C=O) groups excluding carboxylic acids is 1. The molecule has 3 unspecified atom stereocenters. The summed E-state index contributed by atoms with van der Waals surface area (Å²) in [5.41, 5.74) is 0.488. The zero-order valence-corrected chi connectivity index (χ0v) is 12.8. The van der Waals surface area contributed by atoms with Crippen molar-refractivity contribution >= 4 is 29.3 Å². The van der Waals surface area contributed by atoms with E-state index in [0.29, 0.717) is 17.5 Å². The molecule has 0 aliphatic heterocycles. The van der Waals surface area contributed by atoms with Gasteiger partial charge >= 0.3 is 12.0 Å². The second kappa shape index (κ2) is 6.35. The minimum absolute atomic E-state index is 0.0147. The summed E-state index contributed by atoms with van der Waals surface area (Å²) in [6.45, 7) is 4.33. The quantitative estimate of drug-likeness (QED) is 0.798. The van der Waals surface area contributed by atoms with Crippen molar-refractivity contribution in [1.82, 2.24) is 5.32 Å². The molecule has 0 bridgehead atoms. The number of urea groups is 1. The van der Waals surface area contributed by atoms with Crippen LogP contribution in [0.4, 0.5) is 10.5 Å². The molecule has 0 saturated heterocycles. The summed E-state index contributed by atoms with van der Waals surface area (Å²) < 4.78 is 0. The lowest BCUT2D eigenvalue weighted by atomic mass is 9.98. The average molecular weight is 311 g/mol. The minimum atomic E-state index is -1.09. The maximum atomic E-state index is 12.0. The van der Waals surface area contributed by atoms with Gasteiger partial charge in [0, 0.05) is 11.7 Å². The first-order valence-corrected chi connectivity index (χ1v) is 7.36. The number of benzene rings is 1. The predicted molar refractivity (Wildman–Crippen MR) is 81.9 cm³/mol. The Bertz CT molecular complexity index is 562. The first-order chi connectivity index (χ1) is 9.88. The Morgan fingerprint density at radius 3 is 2.52 bits per heavy atom. The number of halogens is 1. The van der Waals surface area contributed by atoms with E-state index in [9.17, 15) is 9.59 Å². The van der Waals surface area contributed by atoms with E-state index in [-0.39, 0.29) is 22.7 Å². The van der Waals surface area contributed by atoms with E-state index < -0.39 is 5.97 Å². The Labute approximate surface area is 128 Å². The molecule has 2 amide bonds. The van der Waals surface area contributed by atoms with Crippen molar-refractivity contribution in [3.63, 3.8) is 0 Å². The number of nitrogens with one attached hydrogen (secondary N) is 2. The highest BCUT2D eigenvalue weighted by Gasteiger charge is 2.30. The summed E-state index contributed by atoms with van der Waals surface area (Å²) in [5, 5.41) is 14.6. The molecular weight excluding hydrogens is 292 g/mol. The fraction of sp³-hybridized carbons (Fsp3) is 0.467. The molecule has 3 N–H and O–H groups in total. The van der Waals surface area contributed by atoms with E-state index in [1.165, 1.54) is 18.2 Å². The molecule has 0 heterocycles. The monoisotopic (exact) mass is 310 g/mol. The Morgan fingerprint density at radius 1 is 1.29 bits per heavy atom. The van der Waals surface area contributed by atoms with E-state index >= 15 is 0 Å². The molecule has 114 valence electrons. The lowest BCUT2D eigenvalue weighted by molar-refractivity contribution is 0.0697. The second-order valence-corrected chi connectivity index (χ2v) is 6.03. The molecule has 1 aromatic rings. The van der Waals surface area contributed by atoms with Gasteiger partial charge in [-0.3, -0.25) is 0 Å². The van der Waals surface area contributed by atoms with Crippen LogP contribution in [0.15, 0.2) is 18.2 Å². The molecule has 6 heteroatoms. The molecular formula is C15H19ClN2O3. The maximum absolute atomic E-state index is 12.0. The van der Waals surface area contributed by atoms with Gasteiger partial charge in [-0.2, -0.15) is 0 Å². The van der Waals surface area contributed by atoms with Gasteiger partial charge < -0.3 is 15.7 Å². The van der Waals surface area contributed by atoms with Gasteiger partial charge in [-0.25, -0.2) is 9.59 Å². The van der Waals surface area contributed by atoms with Gasteiger partial charge in [0.2, 0.25) is 0 Å². The lowest BCUT2D eigenvalue weighted by Gasteiger charge is -2.20. The van der Waals surface area contributed by atoms with Crippen LogP contribution in [0.25, 0.3) is 0 Å². The largest absolute Gasteiger partial charge is 0.478 e. The summed E-state index contributed by atoms with van der Waals surface area (Å²) in [6.07, 6.45) is 2.10. The first kappa shape index (κ1) is 15.6. The number of carboxylic acids is 1. The van der Waals surface area contributed by atoms with Crippen LogP contribution in [-0.2, 0) is 0 Å². The third-order valence-electron chi connectivity index (χ3n) is 4.24. The number of carbonyl (C=O) groups is 2. The minimum Gasteiger partial charge on any atom is -0.478 e. The van der Waals surface area contributed by atoms with E-state index in [1.807, 2.05) is 0 Å². The van der Waals surface area contributed by atoms with Gasteiger partial charge in [0.05, 0.1) is 10.6 Å². The standard InChI is InChI=1S/C15H19ClN2O3/c1-8-3-6-13(9(8)2)18-15(21)17-10-4-5-11(14(19)20)12(16)7-10/h4-5,7-9,13H,3,6H2,1-2H3,(H,19,20)(H2,17,18,21). The summed E-state index contributed by atoms with van der Waals surface area (Å²) in [4.78, 5) is 22.8. The molecule has 3 atom stereocenters. The van der Waals surface area contributed by atoms with Crippen molar-refractivity contribution in [2.75, 3.05) is 5.32 Å². The third-order valence-corrected chi connectivity index (χ3v) is 4.55. The van der Waals surface area contributed by atoms with E-state index in [0.717, 1.165) is 12.8 Å². The summed E-state index contributed by atoms with van der Waals surface area (Å²) in [7, 11) is 0. The normalized spacial score (nSPS) is 24.6. The van der Waals surface area contributed by atoms with E-state index in [1.54, 1.807) is 0 Å². The molecule has 2 rings (SSSR count). The molecule has 0 radical (unpaired) electrons. The van der Waals surface area contributed by atoms with Gasteiger partial charge in [-0.1, -0.05) is 25.4 Å². The van der Waals surface area contributed by atoms with Crippen LogP contribution in [0.5, 0.6) is 0 Å². The molecule has 1 fully saturated rings. The van der Waals surface area contributed by atoms with Crippen LogP contribution in [0, 0.1) is 11.8 Å². The van der Waals surface area contributed by atoms with E-state index in [2.05, 4.69) is 24.5 Å². The molecule has 1 aliphatic rings. The van der Waals surface area contributed by atoms with Gasteiger partial charge in [0.15, 0.2) is 0 Å². The van der Waals surface area contributed by atoms with Crippen molar-refractivity contribution in [2.24, 2.45) is 11.8 Å². The summed E-state index contributed by atoms with van der Waals surface area (Å²) in [5.74, 6) is -0.0295. The van der Waals surface area contributed by atoms with Crippen molar-refractivity contribution in [1.29, 1.82) is 0 Å². The van der Waals surface area contributed by atoms with Crippen LogP contribution in [-0.4, -0.2) is 23.1 Å². The fourth-order valence-corrected chi connectivity index (χ4v) is 2.93. The highest BCUT2D eigenvalue weighted by atomic mass is 35.5. The van der Waals surface area contributed by atoms with Crippen LogP contribution in [0.3, 0.4) is 0 Å². The maximum Gasteiger partial charge on any atom is 0.337 e. The topological polar surface area (TPSA) is 78.4 Å². The number of anilines is 1. The number of rotatable bonds is 3. The van der Waals surface area contributed by atoms with Crippen molar-refractivity contribution in [3.05, 3.63) is 28.8 Å². The third kappa shape index (κ3) is 3.67. The molecule has 0 aromatic heterocycles. The Balaban J connectivity index is 1.97. The lowest BCUT2D eigenvalue weighted by Crippen LogP contribution is -2.40. The Morgan fingerprint density at radius 2 is 2.00 bits per heavy atom. The highest BCUT2D eigenvalue weighted by molar-refractivity contribution is 6.33. The van der Waals surface area contributed by atoms with Gasteiger partial charge in [0.25, 0.3) is 0 Å². The molecule has 0 spiro atoms. The number of hydrogen-bond donors (Lipinski definition) is 3. The number of aromatic carboxylic acids is 1. The average Bonchev–Trinajstić information content (AvgIpc) is 2.70. The molecule has 1 saturated carbocycles.